The van der Waals surface area contributed by atoms with Crippen molar-refractivity contribution in [2.75, 3.05) is 5.32 Å². The van der Waals surface area contributed by atoms with Gasteiger partial charge in [0.1, 0.15) is 17.3 Å². The average Bonchev–Trinajstić information content (AvgIpc) is 3.15. The summed E-state index contributed by atoms with van der Waals surface area (Å²) in [5.74, 6) is 1.60. The molecule has 136 valence electrons. The highest BCUT2D eigenvalue weighted by Crippen LogP contribution is 2.29. The van der Waals surface area contributed by atoms with E-state index in [-0.39, 0.29) is 0 Å². The molecule has 27 heavy (non-hydrogen) atoms. The van der Waals surface area contributed by atoms with Crippen molar-refractivity contribution >= 4 is 16.9 Å². The number of anilines is 1. The fourth-order valence-electron chi connectivity index (χ4n) is 3.19. The van der Waals surface area contributed by atoms with Gasteiger partial charge in [0.05, 0.1) is 5.69 Å². The van der Waals surface area contributed by atoms with Crippen molar-refractivity contribution in [3.63, 3.8) is 0 Å². The van der Waals surface area contributed by atoms with Crippen LogP contribution in [0.3, 0.4) is 0 Å². The normalized spacial score (nSPS) is 11.0. The Hall–Kier alpha value is -3.28. The molecule has 4 aromatic rings. The Balaban J connectivity index is 1.73. The third-order valence-electron chi connectivity index (χ3n) is 4.42. The molecule has 6 heteroatoms. The summed E-state index contributed by atoms with van der Waals surface area (Å²) < 4.78 is 0. The number of hydrogen-bond donors (Lipinski definition) is 2. The first-order chi connectivity index (χ1) is 13.2. The molecule has 0 aromatic carbocycles. The van der Waals surface area contributed by atoms with Crippen molar-refractivity contribution < 1.29 is 0 Å². The van der Waals surface area contributed by atoms with E-state index in [1.165, 1.54) is 0 Å². The molecule has 0 amide bonds. The predicted octanol–water partition coefficient (Wildman–Crippen LogP) is 4.29. The molecule has 0 aliphatic rings. The molecule has 0 saturated carbocycles. The second-order valence-electron chi connectivity index (χ2n) is 6.55. The molecule has 0 bridgehead atoms. The van der Waals surface area contributed by atoms with E-state index in [0.717, 1.165) is 58.0 Å². The third kappa shape index (κ3) is 3.79. The molecule has 2 N–H and O–H groups in total. The lowest BCUT2D eigenvalue weighted by molar-refractivity contribution is 0.858. The number of aryl methyl sites for hydroxylation is 2. The van der Waals surface area contributed by atoms with Crippen LogP contribution in [0.1, 0.15) is 30.4 Å². The number of aromatic amines is 1. The summed E-state index contributed by atoms with van der Waals surface area (Å²) in [6.45, 7) is 4.79. The number of pyridine rings is 2. The van der Waals surface area contributed by atoms with E-state index in [2.05, 4.69) is 44.3 Å². The maximum Gasteiger partial charge on any atom is 0.140 e. The number of rotatable bonds is 6. The molecular weight excluding hydrogens is 336 g/mol. The number of nitrogens with one attached hydrogen (secondary N) is 2. The Labute approximate surface area is 158 Å². The molecule has 0 aliphatic carbocycles. The number of aromatic nitrogens is 5. The molecule has 6 nitrogen and oxygen atoms in total. The Morgan fingerprint density at radius 2 is 1.89 bits per heavy atom. The standard InChI is InChI=1S/C21H22N6/c1-3-4-16-11-19(26-14(2)25-16)18-12-20(27-21-17(18)7-10-23-21)24-13-15-5-8-22-9-6-15/h5-12H,3-4,13H2,1-2H3,(H2,23,24,27). The van der Waals surface area contributed by atoms with Gasteiger partial charge >= 0.3 is 0 Å². The quantitative estimate of drug-likeness (QED) is 0.537. The lowest BCUT2D eigenvalue weighted by Gasteiger charge is -2.11. The molecule has 0 fully saturated rings. The van der Waals surface area contributed by atoms with Crippen molar-refractivity contribution in [1.29, 1.82) is 0 Å². The van der Waals surface area contributed by atoms with Gasteiger partial charge in [-0.3, -0.25) is 4.98 Å². The van der Waals surface area contributed by atoms with Gasteiger partial charge in [-0.15, -0.1) is 0 Å². The van der Waals surface area contributed by atoms with E-state index in [0.29, 0.717) is 6.54 Å². The highest BCUT2D eigenvalue weighted by Gasteiger charge is 2.12. The molecular formula is C21H22N6. The molecule has 0 saturated heterocycles. The minimum absolute atomic E-state index is 0.686. The van der Waals surface area contributed by atoms with Gasteiger partial charge in [0.15, 0.2) is 0 Å². The van der Waals surface area contributed by atoms with Crippen molar-refractivity contribution in [3.8, 4) is 11.3 Å². The largest absolute Gasteiger partial charge is 0.366 e. The lowest BCUT2D eigenvalue weighted by atomic mass is 10.1. The van der Waals surface area contributed by atoms with E-state index < -0.39 is 0 Å². The number of hydrogen-bond acceptors (Lipinski definition) is 5. The van der Waals surface area contributed by atoms with Crippen LogP contribution in [0, 0.1) is 6.92 Å². The summed E-state index contributed by atoms with van der Waals surface area (Å²) in [4.78, 5) is 21.2. The van der Waals surface area contributed by atoms with Gasteiger partial charge in [0, 0.05) is 41.8 Å². The summed E-state index contributed by atoms with van der Waals surface area (Å²) in [5.41, 5.74) is 5.07. The number of H-pyrrole nitrogens is 1. The minimum Gasteiger partial charge on any atom is -0.366 e. The zero-order valence-corrected chi connectivity index (χ0v) is 15.5. The van der Waals surface area contributed by atoms with Crippen LogP contribution in [0.15, 0.2) is 48.9 Å². The maximum absolute atomic E-state index is 4.69. The van der Waals surface area contributed by atoms with E-state index in [1.54, 1.807) is 12.4 Å². The van der Waals surface area contributed by atoms with Crippen molar-refractivity contribution in [2.45, 2.75) is 33.2 Å². The van der Waals surface area contributed by atoms with Gasteiger partial charge in [-0.05, 0) is 49.2 Å². The second kappa shape index (κ2) is 7.53. The zero-order valence-electron chi connectivity index (χ0n) is 15.5. The average molecular weight is 358 g/mol. The minimum atomic E-state index is 0.686. The summed E-state index contributed by atoms with van der Waals surface area (Å²) in [7, 11) is 0. The molecule has 0 radical (unpaired) electrons. The fraction of sp³-hybridized carbons (Fsp3) is 0.238. The fourth-order valence-corrected chi connectivity index (χ4v) is 3.19. The van der Waals surface area contributed by atoms with Crippen LogP contribution in [0.5, 0.6) is 0 Å². The second-order valence-corrected chi connectivity index (χ2v) is 6.55. The van der Waals surface area contributed by atoms with Crippen molar-refractivity contribution in [2.24, 2.45) is 0 Å². The monoisotopic (exact) mass is 358 g/mol. The topological polar surface area (TPSA) is 79.4 Å². The first-order valence-electron chi connectivity index (χ1n) is 9.19. The van der Waals surface area contributed by atoms with Gasteiger partial charge in [-0.1, -0.05) is 13.3 Å². The first kappa shape index (κ1) is 17.1. The first-order valence-corrected chi connectivity index (χ1v) is 9.19. The van der Waals surface area contributed by atoms with Crippen LogP contribution < -0.4 is 5.32 Å². The van der Waals surface area contributed by atoms with Gasteiger partial charge in [0.2, 0.25) is 0 Å². The van der Waals surface area contributed by atoms with Crippen LogP contribution in [0.25, 0.3) is 22.3 Å². The summed E-state index contributed by atoms with van der Waals surface area (Å²) >= 11 is 0. The SMILES string of the molecule is CCCc1cc(-c2cc(NCc3ccncc3)nc3[nH]ccc23)nc(C)n1. The van der Waals surface area contributed by atoms with Crippen LogP contribution in [-0.2, 0) is 13.0 Å². The van der Waals surface area contributed by atoms with Crippen molar-refractivity contribution in [1.82, 2.24) is 24.9 Å². The van der Waals surface area contributed by atoms with Crippen LogP contribution in [0.4, 0.5) is 5.82 Å². The summed E-state index contributed by atoms with van der Waals surface area (Å²) in [6.07, 6.45) is 7.51. The van der Waals surface area contributed by atoms with Gasteiger partial charge < -0.3 is 10.3 Å². The zero-order chi connectivity index (χ0) is 18.6. The Morgan fingerprint density at radius 1 is 1.04 bits per heavy atom. The number of fused-ring (bicyclic) bond motifs is 1. The molecule has 4 heterocycles. The summed E-state index contributed by atoms with van der Waals surface area (Å²) in [6, 6.07) is 10.2. The van der Waals surface area contributed by atoms with E-state index >= 15 is 0 Å². The molecule has 0 spiro atoms. The predicted molar refractivity (Wildman–Crippen MR) is 107 cm³/mol. The molecule has 0 atom stereocenters. The Kier molecular flexibility index (Phi) is 4.78. The van der Waals surface area contributed by atoms with E-state index in [1.807, 2.05) is 31.3 Å². The maximum atomic E-state index is 4.69. The van der Waals surface area contributed by atoms with Crippen molar-refractivity contribution in [3.05, 3.63) is 66.0 Å². The highest BCUT2D eigenvalue weighted by molar-refractivity contribution is 5.93. The number of nitrogens with zero attached hydrogens (tertiary/aromatic N) is 4. The summed E-state index contributed by atoms with van der Waals surface area (Å²) in [5, 5.41) is 4.47. The van der Waals surface area contributed by atoms with Crippen LogP contribution in [0.2, 0.25) is 0 Å². The van der Waals surface area contributed by atoms with Crippen LogP contribution in [-0.4, -0.2) is 24.9 Å². The smallest absolute Gasteiger partial charge is 0.140 e. The lowest BCUT2D eigenvalue weighted by Crippen LogP contribution is -2.03. The molecule has 0 unspecified atom stereocenters. The third-order valence-corrected chi connectivity index (χ3v) is 4.42. The van der Waals surface area contributed by atoms with Crippen LogP contribution >= 0.6 is 0 Å². The van der Waals surface area contributed by atoms with Gasteiger partial charge in [-0.2, -0.15) is 0 Å². The molecule has 0 aliphatic heterocycles. The van der Waals surface area contributed by atoms with Gasteiger partial charge in [-0.25, -0.2) is 15.0 Å². The molecule has 4 aromatic heterocycles. The van der Waals surface area contributed by atoms with E-state index in [9.17, 15) is 0 Å². The van der Waals surface area contributed by atoms with E-state index in [4.69, 9.17) is 4.98 Å². The van der Waals surface area contributed by atoms with Gasteiger partial charge in [0.25, 0.3) is 0 Å². The Bertz CT molecular complexity index is 1050. The highest BCUT2D eigenvalue weighted by atomic mass is 15.0. The molecule has 4 rings (SSSR count). The Morgan fingerprint density at radius 3 is 2.70 bits per heavy atom.